The number of rotatable bonds is 10. The number of alkyl carbamates (subject to hydrolysis) is 1. The van der Waals surface area contributed by atoms with E-state index in [1.807, 2.05) is 53.8 Å². The number of carboxylic acids is 1. The molecular formula is C24H25F3N2O6. The van der Waals surface area contributed by atoms with Gasteiger partial charge < -0.3 is 25.2 Å². The third kappa shape index (κ3) is 6.30. The first-order chi connectivity index (χ1) is 16.6. The molecule has 3 rings (SSSR count). The number of amides is 2. The van der Waals surface area contributed by atoms with Gasteiger partial charge in [0.05, 0.1) is 0 Å². The molecule has 2 atom stereocenters. The number of hydrogen-bond donors (Lipinski definition) is 3. The summed E-state index contributed by atoms with van der Waals surface area (Å²) in [6, 6.07) is 14.1. The molecule has 8 nitrogen and oxygen atoms in total. The molecule has 188 valence electrons. The van der Waals surface area contributed by atoms with Crippen molar-refractivity contribution in [3.8, 4) is 11.1 Å². The van der Waals surface area contributed by atoms with Gasteiger partial charge in [-0.2, -0.15) is 13.2 Å². The molecular weight excluding hydrogens is 469 g/mol. The first-order valence-electron chi connectivity index (χ1n) is 10.8. The van der Waals surface area contributed by atoms with E-state index in [0.29, 0.717) is 0 Å². The minimum atomic E-state index is -5.04. The second kappa shape index (κ2) is 11.2. The van der Waals surface area contributed by atoms with Gasteiger partial charge >= 0.3 is 18.2 Å². The Bertz CT molecular complexity index is 1030. The Hall–Kier alpha value is -3.60. The summed E-state index contributed by atoms with van der Waals surface area (Å²) in [5.74, 6) is -6.09. The summed E-state index contributed by atoms with van der Waals surface area (Å²) >= 11 is 0. The molecule has 0 radical (unpaired) electrons. The predicted octanol–water partition coefficient (Wildman–Crippen LogP) is 3.31. The van der Waals surface area contributed by atoms with Gasteiger partial charge in [0, 0.05) is 32.6 Å². The van der Waals surface area contributed by atoms with Crippen LogP contribution in [0.25, 0.3) is 11.1 Å². The molecule has 11 heteroatoms. The Kier molecular flexibility index (Phi) is 8.34. The Labute approximate surface area is 199 Å². The van der Waals surface area contributed by atoms with Crippen molar-refractivity contribution < 1.29 is 42.1 Å². The van der Waals surface area contributed by atoms with Crippen LogP contribution in [0.1, 0.15) is 23.5 Å². The third-order valence-electron chi connectivity index (χ3n) is 5.74. The van der Waals surface area contributed by atoms with Gasteiger partial charge in [0.2, 0.25) is 5.91 Å². The molecule has 0 saturated carbocycles. The molecule has 0 bridgehead atoms. The van der Waals surface area contributed by atoms with Crippen molar-refractivity contribution in [2.45, 2.75) is 24.6 Å². The summed E-state index contributed by atoms with van der Waals surface area (Å²) in [7, 11) is 1.35. The van der Waals surface area contributed by atoms with Gasteiger partial charge in [-0.3, -0.25) is 9.59 Å². The lowest BCUT2D eigenvalue weighted by atomic mass is 9.98. The lowest BCUT2D eigenvalue weighted by Crippen LogP contribution is -2.50. The van der Waals surface area contributed by atoms with Crippen molar-refractivity contribution in [2.24, 2.45) is 5.92 Å². The van der Waals surface area contributed by atoms with Gasteiger partial charge in [-0.15, -0.1) is 0 Å². The topological polar surface area (TPSA) is 114 Å². The number of carboxylic acid groups (broad SMARTS) is 1. The lowest BCUT2D eigenvalue weighted by molar-refractivity contribution is -0.192. The van der Waals surface area contributed by atoms with E-state index in [-0.39, 0.29) is 25.6 Å². The Balaban J connectivity index is 1.63. The monoisotopic (exact) mass is 494 g/mol. The van der Waals surface area contributed by atoms with Crippen LogP contribution in [-0.2, 0) is 19.1 Å². The summed E-state index contributed by atoms with van der Waals surface area (Å²) in [5.41, 5.74) is 4.04. The molecule has 1 aliphatic rings. The molecule has 3 N–H and O–H groups in total. The van der Waals surface area contributed by atoms with E-state index in [1.54, 1.807) is 0 Å². The highest BCUT2D eigenvalue weighted by atomic mass is 19.4. The molecule has 0 aliphatic heterocycles. The highest BCUT2D eigenvalue weighted by molar-refractivity contribution is 5.86. The molecule has 0 fully saturated rings. The van der Waals surface area contributed by atoms with Crippen LogP contribution in [-0.4, -0.2) is 62.2 Å². The van der Waals surface area contributed by atoms with Crippen LogP contribution in [0.2, 0.25) is 0 Å². The van der Waals surface area contributed by atoms with E-state index in [0.717, 1.165) is 22.3 Å². The zero-order valence-corrected chi connectivity index (χ0v) is 18.8. The number of carbonyl (C=O) groups is 3. The Morgan fingerprint density at radius 2 is 1.60 bits per heavy atom. The van der Waals surface area contributed by atoms with Crippen molar-refractivity contribution in [1.29, 1.82) is 0 Å². The van der Waals surface area contributed by atoms with E-state index >= 15 is 0 Å². The van der Waals surface area contributed by atoms with Gasteiger partial charge in [-0.25, -0.2) is 4.79 Å². The minimum absolute atomic E-state index is 0.0172. The summed E-state index contributed by atoms with van der Waals surface area (Å²) in [5, 5.41) is 13.1. The van der Waals surface area contributed by atoms with Crippen molar-refractivity contribution in [3.63, 3.8) is 0 Å². The number of aliphatic carboxylic acids is 1. The molecule has 2 aromatic rings. The summed E-state index contributed by atoms with van der Waals surface area (Å²) in [6.07, 6.45) is -6.04. The maximum atomic E-state index is 12.9. The summed E-state index contributed by atoms with van der Waals surface area (Å²) in [6.45, 7) is -1.18. The third-order valence-corrected chi connectivity index (χ3v) is 5.74. The first kappa shape index (κ1) is 26.0. The number of fused-ring (bicyclic) bond motifs is 3. The van der Waals surface area contributed by atoms with Gasteiger partial charge in [-0.1, -0.05) is 48.5 Å². The normalized spacial score (nSPS) is 14.4. The molecule has 2 unspecified atom stereocenters. The van der Waals surface area contributed by atoms with Crippen LogP contribution < -0.4 is 10.6 Å². The van der Waals surface area contributed by atoms with E-state index in [9.17, 15) is 27.6 Å². The SMILES string of the molecule is COCCC(NC(=O)OCC1c2ccccc2-c2ccccc21)C(=O)NCC(C(=O)O)C(F)(F)F. The van der Waals surface area contributed by atoms with Gasteiger partial charge in [0.25, 0.3) is 0 Å². The molecule has 2 amide bonds. The van der Waals surface area contributed by atoms with Crippen molar-refractivity contribution in [2.75, 3.05) is 26.9 Å². The standard InChI is InChI=1S/C24H25F3N2O6/c1-34-11-10-20(21(30)28-12-19(22(31)32)24(25,26)27)29-23(33)35-13-18-16-8-4-2-6-14(16)15-7-3-5-9-17(15)18/h2-9,18-20H,10-13H2,1H3,(H,28,30)(H,29,33)(H,31,32). The predicted molar refractivity (Wildman–Crippen MR) is 119 cm³/mol. The molecule has 0 heterocycles. The van der Waals surface area contributed by atoms with Crippen molar-refractivity contribution in [3.05, 3.63) is 59.7 Å². The number of carbonyl (C=O) groups excluding carboxylic acids is 2. The number of alkyl halides is 3. The fourth-order valence-corrected chi connectivity index (χ4v) is 3.96. The maximum absolute atomic E-state index is 12.9. The fraction of sp³-hybridized carbons (Fsp3) is 0.375. The van der Waals surface area contributed by atoms with Crippen LogP contribution in [0.5, 0.6) is 0 Å². The highest BCUT2D eigenvalue weighted by Gasteiger charge is 2.45. The van der Waals surface area contributed by atoms with Crippen LogP contribution in [0, 0.1) is 5.92 Å². The van der Waals surface area contributed by atoms with E-state index < -0.39 is 42.7 Å². The van der Waals surface area contributed by atoms with Crippen LogP contribution in [0.3, 0.4) is 0 Å². The van der Waals surface area contributed by atoms with Gasteiger partial charge in [0.15, 0.2) is 5.92 Å². The number of methoxy groups -OCH3 is 1. The van der Waals surface area contributed by atoms with Crippen LogP contribution >= 0.6 is 0 Å². The second-order valence-electron chi connectivity index (χ2n) is 7.98. The maximum Gasteiger partial charge on any atom is 0.407 e. The average Bonchev–Trinajstić information content (AvgIpc) is 3.13. The van der Waals surface area contributed by atoms with Gasteiger partial charge in [0.1, 0.15) is 12.6 Å². The molecule has 2 aromatic carbocycles. The minimum Gasteiger partial charge on any atom is -0.481 e. The summed E-state index contributed by atoms with van der Waals surface area (Å²) < 4.78 is 48.8. The largest absolute Gasteiger partial charge is 0.481 e. The smallest absolute Gasteiger partial charge is 0.407 e. The lowest BCUT2D eigenvalue weighted by Gasteiger charge is -2.21. The zero-order chi connectivity index (χ0) is 25.6. The van der Waals surface area contributed by atoms with E-state index in [4.69, 9.17) is 14.6 Å². The summed E-state index contributed by atoms with van der Waals surface area (Å²) in [4.78, 5) is 35.8. The number of nitrogens with one attached hydrogen (secondary N) is 2. The zero-order valence-electron chi connectivity index (χ0n) is 18.8. The van der Waals surface area contributed by atoms with Gasteiger partial charge in [-0.05, 0) is 22.3 Å². The molecule has 0 saturated heterocycles. The number of halogens is 3. The average molecular weight is 494 g/mol. The molecule has 0 aromatic heterocycles. The van der Waals surface area contributed by atoms with Crippen LogP contribution in [0.15, 0.2) is 48.5 Å². The second-order valence-corrected chi connectivity index (χ2v) is 7.98. The number of ether oxygens (including phenoxy) is 2. The highest BCUT2D eigenvalue weighted by Crippen LogP contribution is 2.44. The van der Waals surface area contributed by atoms with Crippen molar-refractivity contribution in [1.82, 2.24) is 10.6 Å². The molecule has 0 spiro atoms. The van der Waals surface area contributed by atoms with E-state index in [1.165, 1.54) is 7.11 Å². The van der Waals surface area contributed by atoms with Crippen LogP contribution in [0.4, 0.5) is 18.0 Å². The Morgan fingerprint density at radius 1 is 1.03 bits per heavy atom. The quantitative estimate of drug-likeness (QED) is 0.467. The first-order valence-corrected chi connectivity index (χ1v) is 10.8. The van der Waals surface area contributed by atoms with Crippen molar-refractivity contribution >= 4 is 18.0 Å². The number of benzene rings is 2. The van der Waals surface area contributed by atoms with E-state index in [2.05, 4.69) is 5.32 Å². The molecule has 35 heavy (non-hydrogen) atoms. The Morgan fingerprint density at radius 3 is 2.11 bits per heavy atom. The number of hydrogen-bond acceptors (Lipinski definition) is 5. The molecule has 1 aliphatic carbocycles. The fourth-order valence-electron chi connectivity index (χ4n) is 3.96.